The standard InChI is InChI=1S/C13H10BrFOS/c1-8-2-3-9(15)6-10(8)12(16)7-13-11(14)4-5-17-13/h2-6H,7H2,1H3. The Morgan fingerprint density at radius 1 is 1.41 bits per heavy atom. The number of rotatable bonds is 3. The molecule has 0 amide bonds. The maximum Gasteiger partial charge on any atom is 0.168 e. The first kappa shape index (κ1) is 12.5. The summed E-state index contributed by atoms with van der Waals surface area (Å²) in [5.41, 5.74) is 1.27. The van der Waals surface area contributed by atoms with Crippen molar-refractivity contribution in [1.29, 1.82) is 0 Å². The van der Waals surface area contributed by atoms with Gasteiger partial charge in [0.1, 0.15) is 5.82 Å². The lowest BCUT2D eigenvalue weighted by Gasteiger charge is -2.04. The van der Waals surface area contributed by atoms with Gasteiger partial charge in [0.25, 0.3) is 0 Å². The third kappa shape index (κ3) is 2.82. The summed E-state index contributed by atoms with van der Waals surface area (Å²) in [6, 6.07) is 6.21. The molecule has 2 rings (SSSR count). The van der Waals surface area contributed by atoms with Crippen LogP contribution in [-0.4, -0.2) is 5.78 Å². The first-order valence-electron chi connectivity index (χ1n) is 5.09. The lowest BCUT2D eigenvalue weighted by molar-refractivity contribution is 0.0992. The topological polar surface area (TPSA) is 17.1 Å². The Bertz CT molecular complexity index is 562. The molecular formula is C13H10BrFOS. The monoisotopic (exact) mass is 312 g/mol. The second-order valence-corrected chi connectivity index (χ2v) is 5.61. The number of ketones is 1. The van der Waals surface area contributed by atoms with Crippen molar-refractivity contribution in [2.75, 3.05) is 0 Å². The van der Waals surface area contributed by atoms with Gasteiger partial charge in [-0.3, -0.25) is 4.79 Å². The highest BCUT2D eigenvalue weighted by molar-refractivity contribution is 9.10. The van der Waals surface area contributed by atoms with E-state index in [0.717, 1.165) is 14.9 Å². The molecule has 0 unspecified atom stereocenters. The van der Waals surface area contributed by atoms with Crippen LogP contribution in [0.1, 0.15) is 20.8 Å². The van der Waals surface area contributed by atoms with Gasteiger partial charge in [0.15, 0.2) is 5.78 Å². The van der Waals surface area contributed by atoms with Crippen molar-refractivity contribution in [2.45, 2.75) is 13.3 Å². The van der Waals surface area contributed by atoms with Gasteiger partial charge in [-0.15, -0.1) is 11.3 Å². The van der Waals surface area contributed by atoms with Crippen LogP contribution in [0.3, 0.4) is 0 Å². The summed E-state index contributed by atoms with van der Waals surface area (Å²) in [6.45, 7) is 1.82. The SMILES string of the molecule is Cc1ccc(F)cc1C(=O)Cc1sccc1Br. The lowest BCUT2D eigenvalue weighted by Crippen LogP contribution is -2.05. The Hall–Kier alpha value is -1.00. The van der Waals surface area contributed by atoms with E-state index in [9.17, 15) is 9.18 Å². The Labute approximate surface area is 111 Å². The fraction of sp³-hybridized carbons (Fsp3) is 0.154. The number of benzene rings is 1. The van der Waals surface area contributed by atoms with Gasteiger partial charge in [0.05, 0.1) is 0 Å². The highest BCUT2D eigenvalue weighted by Crippen LogP contribution is 2.24. The van der Waals surface area contributed by atoms with Crippen LogP contribution in [0, 0.1) is 12.7 Å². The van der Waals surface area contributed by atoms with E-state index in [1.165, 1.54) is 23.5 Å². The van der Waals surface area contributed by atoms with Crippen molar-refractivity contribution in [2.24, 2.45) is 0 Å². The molecule has 0 radical (unpaired) electrons. The first-order valence-corrected chi connectivity index (χ1v) is 6.76. The Kier molecular flexibility index (Phi) is 3.74. The smallest absolute Gasteiger partial charge is 0.168 e. The number of aryl methyl sites for hydroxylation is 1. The van der Waals surface area contributed by atoms with Crippen molar-refractivity contribution in [3.05, 3.63) is 55.9 Å². The number of hydrogen-bond donors (Lipinski definition) is 0. The van der Waals surface area contributed by atoms with Gasteiger partial charge < -0.3 is 0 Å². The van der Waals surface area contributed by atoms with Crippen LogP contribution in [0.25, 0.3) is 0 Å². The second-order valence-electron chi connectivity index (χ2n) is 3.75. The molecule has 0 saturated heterocycles. The summed E-state index contributed by atoms with van der Waals surface area (Å²) >= 11 is 4.91. The predicted molar refractivity (Wildman–Crippen MR) is 71.2 cm³/mol. The van der Waals surface area contributed by atoms with Gasteiger partial charge in [0, 0.05) is 21.3 Å². The van der Waals surface area contributed by atoms with Gasteiger partial charge in [-0.25, -0.2) is 4.39 Å². The number of carbonyl (C=O) groups excluding carboxylic acids is 1. The number of hydrogen-bond acceptors (Lipinski definition) is 2. The predicted octanol–water partition coefficient (Wildman–Crippen LogP) is 4.38. The molecule has 1 heterocycles. The summed E-state index contributed by atoms with van der Waals surface area (Å²) in [4.78, 5) is 13.0. The molecule has 4 heteroatoms. The van der Waals surface area contributed by atoms with E-state index in [1.54, 1.807) is 6.07 Å². The molecule has 88 valence electrons. The normalized spacial score (nSPS) is 10.5. The molecule has 0 bridgehead atoms. The van der Waals surface area contributed by atoms with Gasteiger partial charge in [-0.05, 0) is 52.0 Å². The highest BCUT2D eigenvalue weighted by Gasteiger charge is 2.13. The van der Waals surface area contributed by atoms with E-state index in [2.05, 4.69) is 15.9 Å². The number of halogens is 2. The van der Waals surface area contributed by atoms with Gasteiger partial charge >= 0.3 is 0 Å². The molecule has 1 aromatic heterocycles. The average molecular weight is 313 g/mol. The second kappa shape index (κ2) is 5.10. The summed E-state index contributed by atoms with van der Waals surface area (Å²) in [7, 11) is 0. The van der Waals surface area contributed by atoms with Crippen LogP contribution in [0.5, 0.6) is 0 Å². The van der Waals surface area contributed by atoms with E-state index in [-0.39, 0.29) is 11.6 Å². The van der Waals surface area contributed by atoms with Crippen molar-refractivity contribution < 1.29 is 9.18 Å². The Morgan fingerprint density at radius 3 is 2.82 bits per heavy atom. The van der Waals surface area contributed by atoms with Crippen molar-refractivity contribution >= 4 is 33.0 Å². The molecule has 0 atom stereocenters. The van der Waals surface area contributed by atoms with E-state index in [4.69, 9.17) is 0 Å². The van der Waals surface area contributed by atoms with Crippen LogP contribution in [0.2, 0.25) is 0 Å². The number of carbonyl (C=O) groups is 1. The minimum Gasteiger partial charge on any atom is -0.294 e. The molecule has 0 fully saturated rings. The van der Waals surface area contributed by atoms with E-state index in [0.29, 0.717) is 12.0 Å². The van der Waals surface area contributed by atoms with Crippen LogP contribution in [0.4, 0.5) is 4.39 Å². The van der Waals surface area contributed by atoms with E-state index >= 15 is 0 Å². The number of Topliss-reactive ketones (excluding diaryl/α,β-unsaturated/α-hetero) is 1. The minimum absolute atomic E-state index is 0.0508. The van der Waals surface area contributed by atoms with Crippen LogP contribution < -0.4 is 0 Å². The molecular weight excluding hydrogens is 303 g/mol. The first-order chi connectivity index (χ1) is 8.08. The third-order valence-corrected chi connectivity index (χ3v) is 4.44. The number of thiophene rings is 1. The van der Waals surface area contributed by atoms with Crippen molar-refractivity contribution in [3.8, 4) is 0 Å². The molecule has 0 aliphatic rings. The quantitative estimate of drug-likeness (QED) is 0.768. The average Bonchev–Trinajstić information content (AvgIpc) is 2.68. The molecule has 0 N–H and O–H groups in total. The zero-order chi connectivity index (χ0) is 12.4. The van der Waals surface area contributed by atoms with Crippen LogP contribution >= 0.6 is 27.3 Å². The van der Waals surface area contributed by atoms with Crippen molar-refractivity contribution in [1.82, 2.24) is 0 Å². The molecule has 17 heavy (non-hydrogen) atoms. The van der Waals surface area contributed by atoms with E-state index < -0.39 is 0 Å². The molecule has 2 aromatic rings. The lowest BCUT2D eigenvalue weighted by atomic mass is 10.0. The Morgan fingerprint density at radius 2 is 2.18 bits per heavy atom. The molecule has 1 aromatic carbocycles. The van der Waals surface area contributed by atoms with Gasteiger partial charge in [-0.2, -0.15) is 0 Å². The summed E-state index contributed by atoms with van der Waals surface area (Å²) < 4.78 is 14.0. The third-order valence-electron chi connectivity index (χ3n) is 2.51. The van der Waals surface area contributed by atoms with Crippen LogP contribution in [-0.2, 0) is 6.42 Å². The fourth-order valence-electron chi connectivity index (χ4n) is 1.59. The van der Waals surface area contributed by atoms with Gasteiger partial charge in [-0.1, -0.05) is 6.07 Å². The van der Waals surface area contributed by atoms with E-state index in [1.807, 2.05) is 18.4 Å². The molecule has 1 nitrogen and oxygen atoms in total. The summed E-state index contributed by atoms with van der Waals surface area (Å²) in [5, 5.41) is 1.92. The summed E-state index contributed by atoms with van der Waals surface area (Å²) in [6.07, 6.45) is 0.308. The Balaban J connectivity index is 2.26. The molecule has 0 spiro atoms. The fourth-order valence-corrected chi connectivity index (χ4v) is 3.08. The minimum atomic E-state index is -0.371. The maximum absolute atomic E-state index is 13.1. The largest absolute Gasteiger partial charge is 0.294 e. The summed E-state index contributed by atoms with van der Waals surface area (Å²) in [5.74, 6) is -0.422. The maximum atomic E-state index is 13.1. The van der Waals surface area contributed by atoms with Crippen molar-refractivity contribution in [3.63, 3.8) is 0 Å². The zero-order valence-corrected chi connectivity index (χ0v) is 11.6. The molecule has 0 aliphatic carbocycles. The molecule has 0 aliphatic heterocycles. The zero-order valence-electron chi connectivity index (χ0n) is 9.17. The molecule has 0 saturated carbocycles. The highest BCUT2D eigenvalue weighted by atomic mass is 79.9. The van der Waals surface area contributed by atoms with Gasteiger partial charge in [0.2, 0.25) is 0 Å². The van der Waals surface area contributed by atoms with Crippen LogP contribution in [0.15, 0.2) is 34.1 Å².